The molecule has 0 saturated heterocycles. The second kappa shape index (κ2) is 13.7. The van der Waals surface area contributed by atoms with Crippen LogP contribution in [0.3, 0.4) is 0 Å². The van der Waals surface area contributed by atoms with E-state index in [1.807, 2.05) is 43.5 Å². The van der Waals surface area contributed by atoms with Gasteiger partial charge in [0.2, 0.25) is 0 Å². The minimum atomic E-state index is 0.0592. The molecule has 3 aromatic carbocycles. The molecular weight excluding hydrogens is 502 g/mol. The minimum Gasteiger partial charge on any atom is -0.316 e. The molecule has 2 atom stereocenters. The standard InChI is InChI=1S/C35H38ClNO2/c1-24(2)12-16-32(38)17-15-29-22-35(39)34-21-28(30-18-25(23-37-3)19-31(36)20-30)14-13-27(34)10-7-11-33(29)26-8-5-4-6-9-26/h4-10,12-14,16,18-21,24,29,33,37H,11,15,17,22-23H2,1-3H3/b10-7+,16-12+. The van der Waals surface area contributed by atoms with Crippen LogP contribution in [0.5, 0.6) is 0 Å². The molecular formula is C35H38ClNO2. The molecule has 0 bridgehead atoms. The Hall–Kier alpha value is -3.27. The van der Waals surface area contributed by atoms with E-state index in [0.717, 1.165) is 34.2 Å². The van der Waals surface area contributed by atoms with Crippen LogP contribution in [0.15, 0.2) is 85.0 Å². The third kappa shape index (κ3) is 7.88. The fourth-order valence-electron chi connectivity index (χ4n) is 5.39. The monoisotopic (exact) mass is 539 g/mol. The van der Waals surface area contributed by atoms with E-state index >= 15 is 0 Å². The Balaban J connectivity index is 1.66. The van der Waals surface area contributed by atoms with E-state index in [0.29, 0.717) is 36.7 Å². The van der Waals surface area contributed by atoms with E-state index in [2.05, 4.69) is 67.7 Å². The third-order valence-corrected chi connectivity index (χ3v) is 7.60. The van der Waals surface area contributed by atoms with Crippen molar-refractivity contribution in [1.29, 1.82) is 0 Å². The number of allylic oxidation sites excluding steroid dienone is 3. The van der Waals surface area contributed by atoms with Crippen molar-refractivity contribution >= 4 is 29.2 Å². The largest absolute Gasteiger partial charge is 0.316 e. The summed E-state index contributed by atoms with van der Waals surface area (Å²) in [6, 6.07) is 22.5. The molecule has 3 aromatic rings. The van der Waals surface area contributed by atoms with E-state index < -0.39 is 0 Å². The van der Waals surface area contributed by atoms with Gasteiger partial charge in [0.1, 0.15) is 0 Å². The quantitative estimate of drug-likeness (QED) is 0.277. The number of halogens is 1. The zero-order valence-electron chi connectivity index (χ0n) is 23.1. The van der Waals surface area contributed by atoms with Crippen molar-refractivity contribution in [2.75, 3.05) is 7.05 Å². The number of benzene rings is 3. The number of carbonyl (C=O) groups excluding carboxylic acids is 2. The number of carbonyl (C=O) groups is 2. The lowest BCUT2D eigenvalue weighted by Crippen LogP contribution is -2.18. The van der Waals surface area contributed by atoms with Crippen LogP contribution in [0.4, 0.5) is 0 Å². The van der Waals surface area contributed by atoms with Crippen molar-refractivity contribution in [3.05, 3.63) is 112 Å². The van der Waals surface area contributed by atoms with Gasteiger partial charge < -0.3 is 5.32 Å². The highest BCUT2D eigenvalue weighted by atomic mass is 35.5. The first kappa shape index (κ1) is 28.7. The summed E-state index contributed by atoms with van der Waals surface area (Å²) in [5, 5.41) is 3.85. The van der Waals surface area contributed by atoms with Crippen molar-refractivity contribution in [1.82, 2.24) is 5.32 Å². The van der Waals surface area contributed by atoms with Crippen LogP contribution in [0, 0.1) is 11.8 Å². The van der Waals surface area contributed by atoms with E-state index in [1.165, 1.54) is 5.56 Å². The molecule has 39 heavy (non-hydrogen) atoms. The SMILES string of the molecule is CNCc1cc(Cl)cc(-c2ccc3c(c2)C(=O)CC(CCC(=O)/C=C/C(C)C)C(c2ccccc2)C/C=C/3)c1. The van der Waals surface area contributed by atoms with Gasteiger partial charge in [0.05, 0.1) is 0 Å². The predicted octanol–water partition coefficient (Wildman–Crippen LogP) is 8.68. The molecule has 0 amide bonds. The molecule has 0 heterocycles. The summed E-state index contributed by atoms with van der Waals surface area (Å²) in [6.07, 6.45) is 10.3. The number of hydrogen-bond donors (Lipinski definition) is 1. The van der Waals surface area contributed by atoms with E-state index in [1.54, 1.807) is 6.08 Å². The molecule has 0 fully saturated rings. The van der Waals surface area contributed by atoms with Gasteiger partial charge in [-0.15, -0.1) is 0 Å². The van der Waals surface area contributed by atoms with Crippen LogP contribution in [0.25, 0.3) is 17.2 Å². The molecule has 2 unspecified atom stereocenters. The van der Waals surface area contributed by atoms with Crippen LogP contribution < -0.4 is 5.32 Å². The molecule has 3 nitrogen and oxygen atoms in total. The molecule has 0 aromatic heterocycles. The fraction of sp³-hybridized carbons (Fsp3) is 0.314. The van der Waals surface area contributed by atoms with Gasteiger partial charge in [0, 0.05) is 30.0 Å². The molecule has 4 rings (SSSR count). The number of ketones is 2. The van der Waals surface area contributed by atoms with Crippen molar-refractivity contribution in [3.8, 4) is 11.1 Å². The number of Topliss-reactive ketones (excluding diaryl/α,β-unsaturated/α-hetero) is 1. The first-order valence-corrected chi connectivity index (χ1v) is 14.3. The second-order valence-electron chi connectivity index (χ2n) is 10.8. The zero-order valence-corrected chi connectivity index (χ0v) is 23.9. The highest BCUT2D eigenvalue weighted by Crippen LogP contribution is 2.38. The molecule has 1 aliphatic rings. The molecule has 202 valence electrons. The van der Waals surface area contributed by atoms with E-state index in [9.17, 15) is 9.59 Å². The van der Waals surface area contributed by atoms with Crippen molar-refractivity contribution in [2.24, 2.45) is 11.8 Å². The zero-order chi connectivity index (χ0) is 27.8. The Morgan fingerprint density at radius 3 is 2.59 bits per heavy atom. The maximum atomic E-state index is 13.9. The number of nitrogens with one attached hydrogen (secondary N) is 1. The Labute approximate surface area is 238 Å². The highest BCUT2D eigenvalue weighted by molar-refractivity contribution is 6.31. The molecule has 0 saturated carbocycles. The summed E-state index contributed by atoms with van der Waals surface area (Å²) in [7, 11) is 1.91. The van der Waals surface area contributed by atoms with E-state index in [-0.39, 0.29) is 23.4 Å². The Morgan fingerprint density at radius 1 is 1.05 bits per heavy atom. The van der Waals surface area contributed by atoms with Gasteiger partial charge in [-0.3, -0.25) is 9.59 Å². The summed E-state index contributed by atoms with van der Waals surface area (Å²) < 4.78 is 0. The van der Waals surface area contributed by atoms with Crippen LogP contribution in [0.1, 0.15) is 72.5 Å². The lowest BCUT2D eigenvalue weighted by molar-refractivity contribution is -0.115. The predicted molar refractivity (Wildman–Crippen MR) is 163 cm³/mol. The summed E-state index contributed by atoms with van der Waals surface area (Å²) >= 11 is 6.43. The molecule has 0 radical (unpaired) electrons. The lowest BCUT2D eigenvalue weighted by atomic mass is 9.77. The third-order valence-electron chi connectivity index (χ3n) is 7.39. The average Bonchev–Trinajstić information content (AvgIpc) is 2.98. The van der Waals surface area contributed by atoms with Gasteiger partial charge in [-0.05, 0) is 95.8 Å². The van der Waals surface area contributed by atoms with Gasteiger partial charge in [-0.2, -0.15) is 0 Å². The number of rotatable bonds is 9. The minimum absolute atomic E-state index is 0.0592. The van der Waals surface area contributed by atoms with Gasteiger partial charge >= 0.3 is 0 Å². The van der Waals surface area contributed by atoms with Gasteiger partial charge in [-0.25, -0.2) is 0 Å². The van der Waals surface area contributed by atoms with Crippen molar-refractivity contribution < 1.29 is 9.59 Å². The average molecular weight is 540 g/mol. The molecule has 0 aliphatic heterocycles. The summed E-state index contributed by atoms with van der Waals surface area (Å²) in [6.45, 7) is 4.85. The lowest BCUT2D eigenvalue weighted by Gasteiger charge is -2.26. The number of hydrogen-bond acceptors (Lipinski definition) is 3. The van der Waals surface area contributed by atoms with Crippen molar-refractivity contribution in [3.63, 3.8) is 0 Å². The highest BCUT2D eigenvalue weighted by Gasteiger charge is 2.27. The summed E-state index contributed by atoms with van der Waals surface area (Å²) in [4.78, 5) is 26.5. The van der Waals surface area contributed by atoms with Crippen molar-refractivity contribution in [2.45, 2.75) is 52.0 Å². The smallest absolute Gasteiger partial charge is 0.163 e. The van der Waals surface area contributed by atoms with Gasteiger partial charge in [-0.1, -0.05) is 86.1 Å². The first-order chi connectivity index (χ1) is 18.8. The van der Waals surface area contributed by atoms with Crippen LogP contribution in [0.2, 0.25) is 5.02 Å². The van der Waals surface area contributed by atoms with E-state index in [4.69, 9.17) is 11.6 Å². The molecule has 0 spiro atoms. The number of fused-ring (bicyclic) bond motifs is 1. The molecule has 4 heteroatoms. The second-order valence-corrected chi connectivity index (χ2v) is 11.3. The molecule has 1 N–H and O–H groups in total. The summed E-state index contributed by atoms with van der Waals surface area (Å²) in [5.74, 6) is 0.802. The first-order valence-electron chi connectivity index (χ1n) is 13.9. The maximum Gasteiger partial charge on any atom is 0.163 e. The van der Waals surface area contributed by atoms with Crippen LogP contribution in [-0.4, -0.2) is 18.6 Å². The van der Waals surface area contributed by atoms with Gasteiger partial charge in [0.25, 0.3) is 0 Å². The normalized spacial score (nSPS) is 18.4. The maximum absolute atomic E-state index is 13.9. The van der Waals surface area contributed by atoms with Gasteiger partial charge in [0.15, 0.2) is 11.6 Å². The van der Waals surface area contributed by atoms with Crippen LogP contribution >= 0.6 is 11.6 Å². The fourth-order valence-corrected chi connectivity index (χ4v) is 5.65. The Kier molecular flexibility index (Phi) is 10.1. The Morgan fingerprint density at radius 2 is 1.85 bits per heavy atom. The van der Waals surface area contributed by atoms with Crippen LogP contribution in [-0.2, 0) is 11.3 Å². The Bertz CT molecular complexity index is 1360. The summed E-state index contributed by atoms with van der Waals surface area (Å²) in [5.41, 5.74) is 5.94. The molecule has 1 aliphatic carbocycles. The topological polar surface area (TPSA) is 46.2 Å².